The van der Waals surface area contributed by atoms with E-state index in [-0.39, 0.29) is 21.4 Å². The molecule has 0 saturated heterocycles. The summed E-state index contributed by atoms with van der Waals surface area (Å²) in [6, 6.07) is 8.82. The smallest absolute Gasteiger partial charge is 0.265 e. The Labute approximate surface area is 180 Å². The van der Waals surface area contributed by atoms with E-state index in [1.807, 2.05) is 0 Å². The SMILES string of the molecule is CCN(CC)S(=O)(=O)c1ccc(Cl)c(C(=O)Nc2ccc3c(c2)NC(=O)[C@@H](C)O3)c1. The van der Waals surface area contributed by atoms with Crippen LogP contribution in [-0.2, 0) is 14.8 Å². The molecular weight excluding hydrogens is 430 g/mol. The van der Waals surface area contributed by atoms with E-state index in [9.17, 15) is 18.0 Å². The minimum Gasteiger partial charge on any atom is -0.479 e. The zero-order chi connectivity index (χ0) is 22.1. The molecule has 1 aliphatic rings. The van der Waals surface area contributed by atoms with Crippen LogP contribution in [0.25, 0.3) is 0 Å². The van der Waals surface area contributed by atoms with Crippen LogP contribution in [0.15, 0.2) is 41.3 Å². The number of nitrogens with zero attached hydrogens (tertiary/aromatic N) is 1. The number of hydrogen-bond acceptors (Lipinski definition) is 5. The van der Waals surface area contributed by atoms with Gasteiger partial charge in [0.15, 0.2) is 6.10 Å². The molecular formula is C20H22ClN3O5S. The second-order valence-electron chi connectivity index (χ2n) is 6.65. The predicted molar refractivity (Wildman–Crippen MR) is 115 cm³/mol. The van der Waals surface area contributed by atoms with Crippen LogP contribution in [0.4, 0.5) is 11.4 Å². The first-order valence-electron chi connectivity index (χ1n) is 9.40. The van der Waals surface area contributed by atoms with Crippen molar-refractivity contribution < 1.29 is 22.7 Å². The summed E-state index contributed by atoms with van der Waals surface area (Å²) < 4.78 is 32.3. The number of anilines is 2. The molecule has 1 heterocycles. The molecule has 0 saturated carbocycles. The first kappa shape index (κ1) is 22.1. The van der Waals surface area contributed by atoms with Crippen molar-refractivity contribution in [3.8, 4) is 5.75 Å². The van der Waals surface area contributed by atoms with Crippen LogP contribution in [-0.4, -0.2) is 43.7 Å². The number of ether oxygens (including phenoxy) is 1. The molecule has 1 atom stereocenters. The van der Waals surface area contributed by atoms with Gasteiger partial charge in [-0.05, 0) is 43.3 Å². The molecule has 0 bridgehead atoms. The molecule has 0 unspecified atom stereocenters. The highest BCUT2D eigenvalue weighted by Gasteiger charge is 2.25. The summed E-state index contributed by atoms with van der Waals surface area (Å²) in [4.78, 5) is 24.6. The summed E-state index contributed by atoms with van der Waals surface area (Å²) in [6.45, 7) is 5.73. The molecule has 8 nitrogen and oxygen atoms in total. The molecule has 10 heteroatoms. The standard InChI is InChI=1S/C20H22ClN3O5S/c1-4-24(5-2)30(27,28)14-7-8-16(21)15(11-14)20(26)22-13-6-9-18-17(10-13)23-19(25)12(3)29-18/h6-12H,4-5H2,1-3H3,(H,22,26)(H,23,25)/t12-/m1/s1. The number of fused-ring (bicyclic) bond motifs is 1. The number of nitrogens with one attached hydrogen (secondary N) is 2. The van der Waals surface area contributed by atoms with Crippen molar-refractivity contribution in [3.63, 3.8) is 0 Å². The second kappa shape index (κ2) is 8.63. The lowest BCUT2D eigenvalue weighted by atomic mass is 10.2. The normalized spacial score (nSPS) is 15.9. The minimum absolute atomic E-state index is 0.0131. The molecule has 0 aliphatic carbocycles. The molecule has 1 aliphatic heterocycles. The summed E-state index contributed by atoms with van der Waals surface area (Å²) in [5, 5.41) is 5.49. The van der Waals surface area contributed by atoms with Gasteiger partial charge in [-0.3, -0.25) is 9.59 Å². The van der Waals surface area contributed by atoms with Gasteiger partial charge in [-0.15, -0.1) is 0 Å². The van der Waals surface area contributed by atoms with Gasteiger partial charge in [0.25, 0.3) is 11.8 Å². The first-order chi connectivity index (χ1) is 14.2. The second-order valence-corrected chi connectivity index (χ2v) is 8.99. The fraction of sp³-hybridized carbons (Fsp3) is 0.300. The number of benzene rings is 2. The number of carbonyl (C=O) groups is 2. The van der Waals surface area contributed by atoms with Crippen LogP contribution in [0.2, 0.25) is 5.02 Å². The van der Waals surface area contributed by atoms with Gasteiger partial charge >= 0.3 is 0 Å². The van der Waals surface area contributed by atoms with Crippen molar-refractivity contribution in [2.24, 2.45) is 0 Å². The fourth-order valence-electron chi connectivity index (χ4n) is 3.04. The van der Waals surface area contributed by atoms with Crippen molar-refractivity contribution in [3.05, 3.63) is 47.0 Å². The number of carbonyl (C=O) groups excluding carboxylic acids is 2. The largest absolute Gasteiger partial charge is 0.479 e. The Bertz CT molecular complexity index is 1100. The molecule has 2 amide bonds. The Balaban J connectivity index is 1.88. The maximum Gasteiger partial charge on any atom is 0.265 e. The van der Waals surface area contributed by atoms with Crippen LogP contribution in [0.1, 0.15) is 31.1 Å². The average molecular weight is 452 g/mol. The van der Waals surface area contributed by atoms with Gasteiger partial charge in [-0.25, -0.2) is 8.42 Å². The molecule has 2 N–H and O–H groups in total. The molecule has 0 radical (unpaired) electrons. The molecule has 2 aromatic rings. The average Bonchev–Trinajstić information content (AvgIpc) is 2.70. The van der Waals surface area contributed by atoms with Gasteiger partial charge in [-0.1, -0.05) is 25.4 Å². The van der Waals surface area contributed by atoms with E-state index in [2.05, 4.69) is 10.6 Å². The summed E-state index contributed by atoms with van der Waals surface area (Å²) in [5.74, 6) is -0.373. The zero-order valence-corrected chi connectivity index (χ0v) is 18.3. The van der Waals surface area contributed by atoms with Crippen molar-refractivity contribution >= 4 is 44.8 Å². The minimum atomic E-state index is -3.74. The summed E-state index contributed by atoms with van der Waals surface area (Å²) in [5.41, 5.74) is 0.849. The number of hydrogen-bond donors (Lipinski definition) is 2. The zero-order valence-electron chi connectivity index (χ0n) is 16.7. The van der Waals surface area contributed by atoms with E-state index < -0.39 is 22.0 Å². The quantitative estimate of drug-likeness (QED) is 0.700. The van der Waals surface area contributed by atoms with Gasteiger partial charge in [0, 0.05) is 18.8 Å². The van der Waals surface area contributed by atoms with Crippen LogP contribution in [0, 0.1) is 0 Å². The summed E-state index contributed by atoms with van der Waals surface area (Å²) >= 11 is 6.16. The summed E-state index contributed by atoms with van der Waals surface area (Å²) in [7, 11) is -3.74. The molecule has 3 rings (SSSR count). The number of rotatable bonds is 6. The van der Waals surface area contributed by atoms with E-state index in [1.54, 1.807) is 39.0 Å². The highest BCUT2D eigenvalue weighted by Crippen LogP contribution is 2.32. The lowest BCUT2D eigenvalue weighted by Crippen LogP contribution is -2.34. The van der Waals surface area contributed by atoms with Gasteiger partial charge in [0.05, 0.1) is 21.2 Å². The van der Waals surface area contributed by atoms with E-state index in [0.717, 1.165) is 0 Å². The highest BCUT2D eigenvalue weighted by molar-refractivity contribution is 7.89. The van der Waals surface area contributed by atoms with Crippen molar-refractivity contribution in [1.82, 2.24) is 4.31 Å². The van der Waals surface area contributed by atoms with E-state index in [1.165, 1.54) is 22.5 Å². The molecule has 0 fully saturated rings. The van der Waals surface area contributed by atoms with Crippen LogP contribution in [0.3, 0.4) is 0 Å². The van der Waals surface area contributed by atoms with Crippen LogP contribution < -0.4 is 15.4 Å². The monoisotopic (exact) mass is 451 g/mol. The molecule has 160 valence electrons. The fourth-order valence-corrected chi connectivity index (χ4v) is 4.72. The molecule has 0 aromatic heterocycles. The molecule has 2 aromatic carbocycles. The molecule has 0 spiro atoms. The third kappa shape index (κ3) is 4.28. The maximum absolute atomic E-state index is 12.8. The Hall–Kier alpha value is -2.62. The molecule has 30 heavy (non-hydrogen) atoms. The number of sulfonamides is 1. The van der Waals surface area contributed by atoms with Crippen LogP contribution in [0.5, 0.6) is 5.75 Å². The third-order valence-corrected chi connectivity index (χ3v) is 7.07. The maximum atomic E-state index is 12.8. The van der Waals surface area contributed by atoms with Gasteiger partial charge in [0.1, 0.15) is 5.75 Å². The lowest BCUT2D eigenvalue weighted by molar-refractivity contribution is -0.122. The third-order valence-electron chi connectivity index (χ3n) is 4.69. The Morgan fingerprint density at radius 3 is 2.57 bits per heavy atom. The van der Waals surface area contributed by atoms with E-state index in [0.29, 0.717) is 30.2 Å². The van der Waals surface area contributed by atoms with Crippen molar-refractivity contribution in [2.75, 3.05) is 23.7 Å². The predicted octanol–water partition coefficient (Wildman–Crippen LogP) is 3.34. The van der Waals surface area contributed by atoms with E-state index >= 15 is 0 Å². The topological polar surface area (TPSA) is 105 Å². The van der Waals surface area contributed by atoms with Crippen molar-refractivity contribution in [1.29, 1.82) is 0 Å². The number of halogens is 1. The van der Waals surface area contributed by atoms with E-state index in [4.69, 9.17) is 16.3 Å². The van der Waals surface area contributed by atoms with Gasteiger partial charge < -0.3 is 15.4 Å². The summed E-state index contributed by atoms with van der Waals surface area (Å²) in [6.07, 6.45) is -0.604. The Morgan fingerprint density at radius 2 is 1.90 bits per heavy atom. The Kier molecular flexibility index (Phi) is 6.35. The van der Waals surface area contributed by atoms with Crippen molar-refractivity contribution in [2.45, 2.75) is 31.8 Å². The highest BCUT2D eigenvalue weighted by atomic mass is 35.5. The number of amides is 2. The first-order valence-corrected chi connectivity index (χ1v) is 11.2. The van der Waals surface area contributed by atoms with Crippen LogP contribution >= 0.6 is 11.6 Å². The van der Waals surface area contributed by atoms with Gasteiger partial charge in [0.2, 0.25) is 10.0 Å². The van der Waals surface area contributed by atoms with Gasteiger partial charge in [-0.2, -0.15) is 4.31 Å². The Morgan fingerprint density at radius 1 is 1.20 bits per heavy atom. The lowest BCUT2D eigenvalue weighted by Gasteiger charge is -2.23.